The van der Waals surface area contributed by atoms with Crippen LogP contribution >= 0.6 is 0 Å². The Morgan fingerprint density at radius 2 is 2.11 bits per heavy atom. The molecule has 19 heavy (non-hydrogen) atoms. The molecule has 1 aliphatic rings. The zero-order valence-corrected chi connectivity index (χ0v) is 11.5. The summed E-state index contributed by atoms with van der Waals surface area (Å²) in [4.78, 5) is 0. The number of nitrogens with zero attached hydrogens (tertiary/aromatic N) is 1. The second-order valence-corrected chi connectivity index (χ2v) is 5.58. The van der Waals surface area contributed by atoms with E-state index in [-0.39, 0.29) is 5.82 Å². The van der Waals surface area contributed by atoms with Crippen molar-refractivity contribution in [2.24, 2.45) is 5.41 Å². The van der Waals surface area contributed by atoms with Crippen LogP contribution in [-0.2, 0) is 6.54 Å². The van der Waals surface area contributed by atoms with Crippen LogP contribution < -0.4 is 5.32 Å². The second kappa shape index (κ2) is 6.16. The van der Waals surface area contributed by atoms with Gasteiger partial charge in [-0.3, -0.25) is 0 Å². The molecule has 0 spiro atoms. The van der Waals surface area contributed by atoms with Crippen LogP contribution in [0.25, 0.3) is 0 Å². The molecule has 0 heterocycles. The normalized spacial score (nSPS) is 17.3. The zero-order chi connectivity index (χ0) is 13.7. The molecule has 2 rings (SSSR count). The molecule has 1 N–H and O–H groups in total. The first kappa shape index (κ1) is 14.0. The predicted molar refractivity (Wildman–Crippen MR) is 74.0 cm³/mol. The van der Waals surface area contributed by atoms with Crippen molar-refractivity contribution >= 4 is 0 Å². The molecule has 0 atom stereocenters. The van der Waals surface area contributed by atoms with Gasteiger partial charge in [0.05, 0.1) is 11.6 Å². The minimum absolute atomic E-state index is 0.288. The van der Waals surface area contributed by atoms with E-state index < -0.39 is 0 Å². The summed E-state index contributed by atoms with van der Waals surface area (Å²) in [6.45, 7) is 3.75. The van der Waals surface area contributed by atoms with Gasteiger partial charge in [0.15, 0.2) is 0 Å². The molecule has 102 valence electrons. The van der Waals surface area contributed by atoms with E-state index in [1.807, 2.05) is 6.07 Å². The lowest BCUT2D eigenvalue weighted by atomic mass is 9.83. The van der Waals surface area contributed by atoms with Crippen molar-refractivity contribution in [1.29, 1.82) is 5.26 Å². The molecule has 1 fully saturated rings. The number of rotatable bonds is 5. The van der Waals surface area contributed by atoms with Gasteiger partial charge in [0.2, 0.25) is 0 Å². The van der Waals surface area contributed by atoms with E-state index in [9.17, 15) is 4.39 Å². The molecule has 2 nitrogen and oxygen atoms in total. The van der Waals surface area contributed by atoms with E-state index in [4.69, 9.17) is 5.26 Å². The third-order valence-electron chi connectivity index (χ3n) is 4.41. The third-order valence-corrected chi connectivity index (χ3v) is 4.41. The zero-order valence-electron chi connectivity index (χ0n) is 11.5. The quantitative estimate of drug-likeness (QED) is 0.875. The average Bonchev–Trinajstić information content (AvgIpc) is 2.90. The number of hydrogen-bond donors (Lipinski definition) is 1. The SMILES string of the molecule is CCC1(CNCc2ccc(C#N)cc2F)CCCC1. The van der Waals surface area contributed by atoms with Crippen LogP contribution in [0, 0.1) is 22.6 Å². The molecular formula is C16H21FN2. The van der Waals surface area contributed by atoms with Crippen LogP contribution in [0.5, 0.6) is 0 Å². The summed E-state index contributed by atoms with van der Waals surface area (Å²) in [5.41, 5.74) is 1.44. The van der Waals surface area contributed by atoms with Crippen molar-refractivity contribution in [3.05, 3.63) is 35.1 Å². The van der Waals surface area contributed by atoms with E-state index in [2.05, 4.69) is 12.2 Å². The Morgan fingerprint density at radius 3 is 2.68 bits per heavy atom. The number of hydrogen-bond acceptors (Lipinski definition) is 2. The lowest BCUT2D eigenvalue weighted by molar-refractivity contribution is 0.267. The van der Waals surface area contributed by atoms with Gasteiger partial charge in [0.1, 0.15) is 5.82 Å². The first-order valence-corrected chi connectivity index (χ1v) is 7.08. The van der Waals surface area contributed by atoms with E-state index in [0.717, 1.165) is 6.54 Å². The van der Waals surface area contributed by atoms with Gasteiger partial charge in [0, 0.05) is 18.7 Å². The highest BCUT2D eigenvalue weighted by atomic mass is 19.1. The van der Waals surface area contributed by atoms with Crippen molar-refractivity contribution in [2.45, 2.75) is 45.6 Å². The molecule has 0 aliphatic heterocycles. The van der Waals surface area contributed by atoms with Crippen molar-refractivity contribution in [3.8, 4) is 6.07 Å². The molecule has 0 unspecified atom stereocenters. The van der Waals surface area contributed by atoms with Gasteiger partial charge in [-0.1, -0.05) is 25.8 Å². The van der Waals surface area contributed by atoms with E-state index in [1.54, 1.807) is 12.1 Å². The first-order valence-electron chi connectivity index (χ1n) is 7.08. The second-order valence-electron chi connectivity index (χ2n) is 5.58. The molecule has 3 heteroatoms. The summed E-state index contributed by atoms with van der Waals surface area (Å²) in [5.74, 6) is -0.288. The fraction of sp³-hybridized carbons (Fsp3) is 0.562. The first-order chi connectivity index (χ1) is 9.19. The summed E-state index contributed by atoms with van der Waals surface area (Å²) in [7, 11) is 0. The summed E-state index contributed by atoms with van der Waals surface area (Å²) >= 11 is 0. The third kappa shape index (κ3) is 3.33. The van der Waals surface area contributed by atoms with E-state index in [1.165, 1.54) is 38.2 Å². The largest absolute Gasteiger partial charge is 0.312 e. The van der Waals surface area contributed by atoms with Crippen molar-refractivity contribution in [2.75, 3.05) is 6.54 Å². The maximum Gasteiger partial charge on any atom is 0.129 e. The van der Waals surface area contributed by atoms with Crippen LogP contribution in [0.15, 0.2) is 18.2 Å². The lowest BCUT2D eigenvalue weighted by Gasteiger charge is -2.27. The fourth-order valence-electron chi connectivity index (χ4n) is 3.00. The Labute approximate surface area is 114 Å². The number of nitrogens with one attached hydrogen (secondary N) is 1. The Kier molecular flexibility index (Phi) is 4.55. The monoisotopic (exact) mass is 260 g/mol. The minimum atomic E-state index is -0.288. The summed E-state index contributed by atoms with van der Waals surface area (Å²) in [6, 6.07) is 6.63. The predicted octanol–water partition coefficient (Wildman–Crippen LogP) is 3.76. The highest BCUT2D eigenvalue weighted by Gasteiger charge is 2.31. The molecule has 1 aromatic carbocycles. The number of benzene rings is 1. The molecule has 1 aromatic rings. The summed E-state index contributed by atoms with van der Waals surface area (Å²) in [5, 5.41) is 12.1. The van der Waals surface area contributed by atoms with Gasteiger partial charge >= 0.3 is 0 Å². The van der Waals surface area contributed by atoms with Crippen LogP contribution in [0.3, 0.4) is 0 Å². The van der Waals surface area contributed by atoms with E-state index in [0.29, 0.717) is 23.1 Å². The molecule has 1 aliphatic carbocycles. The van der Waals surface area contributed by atoms with Crippen LogP contribution in [0.4, 0.5) is 4.39 Å². The van der Waals surface area contributed by atoms with Crippen molar-refractivity contribution < 1.29 is 4.39 Å². The van der Waals surface area contributed by atoms with Gasteiger partial charge in [-0.25, -0.2) is 4.39 Å². The Bertz CT molecular complexity index is 470. The van der Waals surface area contributed by atoms with Gasteiger partial charge in [-0.2, -0.15) is 5.26 Å². The lowest BCUT2D eigenvalue weighted by Crippen LogP contribution is -2.31. The van der Waals surface area contributed by atoms with Gasteiger partial charge in [-0.05, 0) is 36.8 Å². The van der Waals surface area contributed by atoms with E-state index >= 15 is 0 Å². The minimum Gasteiger partial charge on any atom is -0.312 e. The number of nitriles is 1. The van der Waals surface area contributed by atoms with Crippen molar-refractivity contribution in [3.63, 3.8) is 0 Å². The highest BCUT2D eigenvalue weighted by Crippen LogP contribution is 2.40. The maximum absolute atomic E-state index is 13.7. The topological polar surface area (TPSA) is 35.8 Å². The molecule has 0 aromatic heterocycles. The highest BCUT2D eigenvalue weighted by molar-refractivity contribution is 5.32. The molecule has 0 radical (unpaired) electrons. The summed E-state index contributed by atoms with van der Waals surface area (Å²) < 4.78 is 13.7. The smallest absolute Gasteiger partial charge is 0.129 e. The maximum atomic E-state index is 13.7. The van der Waals surface area contributed by atoms with Crippen molar-refractivity contribution in [1.82, 2.24) is 5.32 Å². The molecule has 1 saturated carbocycles. The molecule has 0 bridgehead atoms. The molecular weight excluding hydrogens is 239 g/mol. The Hall–Kier alpha value is -1.40. The fourth-order valence-corrected chi connectivity index (χ4v) is 3.00. The Balaban J connectivity index is 1.91. The number of halogens is 1. The summed E-state index contributed by atoms with van der Waals surface area (Å²) in [6.07, 6.45) is 6.40. The average molecular weight is 260 g/mol. The van der Waals surface area contributed by atoms with Gasteiger partial charge in [0.25, 0.3) is 0 Å². The molecule has 0 amide bonds. The van der Waals surface area contributed by atoms with Crippen LogP contribution in [-0.4, -0.2) is 6.54 Å². The van der Waals surface area contributed by atoms with Gasteiger partial charge in [-0.15, -0.1) is 0 Å². The van der Waals surface area contributed by atoms with Crippen LogP contribution in [0.1, 0.15) is 50.2 Å². The molecule has 0 saturated heterocycles. The van der Waals surface area contributed by atoms with Gasteiger partial charge < -0.3 is 5.32 Å². The van der Waals surface area contributed by atoms with Crippen LogP contribution in [0.2, 0.25) is 0 Å². The Morgan fingerprint density at radius 1 is 1.37 bits per heavy atom. The standard InChI is InChI=1S/C16H21FN2/c1-2-16(7-3-4-8-16)12-19-11-14-6-5-13(10-18)9-15(14)17/h5-6,9,19H,2-4,7-8,11-12H2,1H3.